The first-order valence-electron chi connectivity index (χ1n) is 5.75. The van der Waals surface area contributed by atoms with Gasteiger partial charge >= 0.3 is 5.97 Å². The van der Waals surface area contributed by atoms with Crippen molar-refractivity contribution in [2.45, 2.75) is 25.8 Å². The molecule has 0 heterocycles. The number of hydrogen-bond donors (Lipinski definition) is 2. The molecule has 0 spiro atoms. The first kappa shape index (κ1) is 16.1. The van der Waals surface area contributed by atoms with Crippen molar-refractivity contribution in [3.63, 3.8) is 0 Å². The maximum atomic E-state index is 11.6. The summed E-state index contributed by atoms with van der Waals surface area (Å²) in [6.07, 6.45) is 0.167. The van der Waals surface area contributed by atoms with Crippen LogP contribution in [-0.2, 0) is 21.2 Å². The third-order valence-corrected chi connectivity index (χ3v) is 4.45. The van der Waals surface area contributed by atoms with Gasteiger partial charge in [0.2, 0.25) is 10.0 Å². The largest absolute Gasteiger partial charge is 0.481 e. The van der Waals surface area contributed by atoms with E-state index in [4.69, 9.17) is 5.11 Å². The molecular weight excluding hydrogens is 334 g/mol. The molecule has 0 aromatic heterocycles. The molecule has 106 valence electrons. The maximum Gasteiger partial charge on any atom is 0.304 e. The zero-order valence-electron chi connectivity index (χ0n) is 10.5. The Kier molecular flexibility index (Phi) is 5.96. The minimum atomic E-state index is -3.54. The molecular formula is C12H16BrNO4S. The standard InChI is InChI=1S/C12H16BrNO4S/c1-9(8-10-2-4-11(13)5-3-10)14-19(17,18)7-6-12(15)16/h2-5,9,14H,6-8H2,1H3,(H,15,16). The van der Waals surface area contributed by atoms with Gasteiger partial charge in [0.25, 0.3) is 0 Å². The molecule has 0 fully saturated rings. The molecule has 0 aliphatic rings. The molecule has 1 aromatic rings. The number of benzene rings is 1. The number of halogens is 1. The Bertz CT molecular complexity index is 527. The van der Waals surface area contributed by atoms with Crippen LogP contribution < -0.4 is 4.72 Å². The maximum absolute atomic E-state index is 11.6. The van der Waals surface area contributed by atoms with Crippen LogP contribution in [0.5, 0.6) is 0 Å². The third kappa shape index (κ3) is 6.70. The van der Waals surface area contributed by atoms with Gasteiger partial charge in [0.15, 0.2) is 0 Å². The summed E-state index contributed by atoms with van der Waals surface area (Å²) in [4.78, 5) is 10.4. The molecule has 1 unspecified atom stereocenters. The number of nitrogens with one attached hydrogen (secondary N) is 1. The molecule has 0 saturated heterocycles. The average molecular weight is 350 g/mol. The van der Waals surface area contributed by atoms with Gasteiger partial charge in [0.1, 0.15) is 0 Å². The Morgan fingerprint density at radius 3 is 2.47 bits per heavy atom. The lowest BCUT2D eigenvalue weighted by molar-refractivity contribution is -0.136. The second-order valence-corrected chi connectivity index (χ2v) is 7.10. The van der Waals surface area contributed by atoms with Gasteiger partial charge in [-0.3, -0.25) is 4.79 Å². The van der Waals surface area contributed by atoms with E-state index in [0.29, 0.717) is 6.42 Å². The van der Waals surface area contributed by atoms with E-state index in [-0.39, 0.29) is 12.5 Å². The number of rotatable bonds is 7. The van der Waals surface area contributed by atoms with Crippen LogP contribution in [0.25, 0.3) is 0 Å². The Labute approximate surface area is 121 Å². The monoisotopic (exact) mass is 349 g/mol. The topological polar surface area (TPSA) is 83.5 Å². The van der Waals surface area contributed by atoms with Gasteiger partial charge < -0.3 is 5.11 Å². The molecule has 7 heteroatoms. The third-order valence-electron chi connectivity index (χ3n) is 2.42. The normalized spacial score (nSPS) is 13.2. The first-order valence-corrected chi connectivity index (χ1v) is 8.19. The van der Waals surface area contributed by atoms with E-state index >= 15 is 0 Å². The summed E-state index contributed by atoms with van der Waals surface area (Å²) >= 11 is 3.33. The lowest BCUT2D eigenvalue weighted by Gasteiger charge is -2.14. The highest BCUT2D eigenvalue weighted by molar-refractivity contribution is 9.10. The summed E-state index contributed by atoms with van der Waals surface area (Å²) in [6.45, 7) is 1.75. The van der Waals surface area contributed by atoms with E-state index in [0.717, 1.165) is 10.0 Å². The van der Waals surface area contributed by atoms with E-state index in [9.17, 15) is 13.2 Å². The van der Waals surface area contributed by atoms with Gasteiger partial charge in [-0.2, -0.15) is 0 Å². The first-order chi connectivity index (χ1) is 8.78. The van der Waals surface area contributed by atoms with Gasteiger partial charge in [-0.25, -0.2) is 13.1 Å². The molecule has 5 nitrogen and oxygen atoms in total. The highest BCUT2D eigenvalue weighted by atomic mass is 79.9. The number of sulfonamides is 1. The van der Waals surface area contributed by atoms with Crippen molar-refractivity contribution in [3.05, 3.63) is 34.3 Å². The molecule has 19 heavy (non-hydrogen) atoms. The second kappa shape index (κ2) is 7.02. The molecule has 1 aromatic carbocycles. The van der Waals surface area contributed by atoms with Crippen LogP contribution >= 0.6 is 15.9 Å². The van der Waals surface area contributed by atoms with Gasteiger partial charge in [0, 0.05) is 10.5 Å². The van der Waals surface area contributed by atoms with Crippen LogP contribution in [0.2, 0.25) is 0 Å². The van der Waals surface area contributed by atoms with Gasteiger partial charge in [-0.1, -0.05) is 28.1 Å². The average Bonchev–Trinajstić information content (AvgIpc) is 2.29. The molecule has 0 bridgehead atoms. The van der Waals surface area contributed by atoms with Crippen LogP contribution in [0.3, 0.4) is 0 Å². The Morgan fingerprint density at radius 1 is 1.37 bits per heavy atom. The fraction of sp³-hybridized carbons (Fsp3) is 0.417. The number of carbonyl (C=O) groups is 1. The van der Waals surface area contributed by atoms with Crippen molar-refractivity contribution in [3.8, 4) is 0 Å². The summed E-state index contributed by atoms with van der Waals surface area (Å²) < 4.78 is 26.7. The lowest BCUT2D eigenvalue weighted by Crippen LogP contribution is -2.36. The quantitative estimate of drug-likeness (QED) is 0.785. The molecule has 0 saturated carbocycles. The minimum Gasteiger partial charge on any atom is -0.481 e. The number of carboxylic acid groups (broad SMARTS) is 1. The van der Waals surface area contributed by atoms with Crippen molar-refractivity contribution < 1.29 is 18.3 Å². The minimum absolute atomic E-state index is 0.278. The van der Waals surface area contributed by atoms with E-state index in [2.05, 4.69) is 20.7 Å². The number of aliphatic carboxylic acids is 1. The Hall–Kier alpha value is -0.920. The summed E-state index contributed by atoms with van der Waals surface area (Å²) in [6, 6.07) is 7.32. The molecule has 0 aliphatic heterocycles. The van der Waals surface area contributed by atoms with Crippen molar-refractivity contribution >= 4 is 31.9 Å². The predicted molar refractivity (Wildman–Crippen MR) is 76.5 cm³/mol. The van der Waals surface area contributed by atoms with Gasteiger partial charge in [-0.15, -0.1) is 0 Å². The molecule has 1 rings (SSSR count). The molecule has 2 N–H and O–H groups in total. The fourth-order valence-corrected chi connectivity index (χ4v) is 3.12. The van der Waals surface area contributed by atoms with Gasteiger partial charge in [0.05, 0.1) is 12.2 Å². The number of hydrogen-bond acceptors (Lipinski definition) is 3. The zero-order chi connectivity index (χ0) is 14.5. The fourth-order valence-electron chi connectivity index (χ4n) is 1.60. The van der Waals surface area contributed by atoms with Crippen LogP contribution in [0.4, 0.5) is 0 Å². The Morgan fingerprint density at radius 2 is 1.95 bits per heavy atom. The predicted octanol–water partition coefficient (Wildman–Crippen LogP) is 1.77. The summed E-state index contributed by atoms with van der Waals surface area (Å²) in [5, 5.41) is 8.48. The van der Waals surface area contributed by atoms with Gasteiger partial charge in [-0.05, 0) is 31.0 Å². The van der Waals surface area contributed by atoms with Crippen molar-refractivity contribution in [2.24, 2.45) is 0 Å². The van der Waals surface area contributed by atoms with Crippen molar-refractivity contribution in [2.75, 3.05) is 5.75 Å². The van der Waals surface area contributed by atoms with Crippen LogP contribution in [0.15, 0.2) is 28.7 Å². The van der Waals surface area contributed by atoms with Crippen molar-refractivity contribution in [1.29, 1.82) is 0 Å². The van der Waals surface area contributed by atoms with E-state index < -0.39 is 21.7 Å². The van der Waals surface area contributed by atoms with E-state index in [1.54, 1.807) is 6.92 Å². The highest BCUT2D eigenvalue weighted by Gasteiger charge is 2.16. The molecule has 0 radical (unpaired) electrons. The SMILES string of the molecule is CC(Cc1ccc(Br)cc1)NS(=O)(=O)CCC(=O)O. The summed E-state index contributed by atoms with van der Waals surface area (Å²) in [5.74, 6) is -1.52. The second-order valence-electron chi connectivity index (χ2n) is 4.31. The molecule has 0 aliphatic carbocycles. The molecule has 0 amide bonds. The lowest BCUT2D eigenvalue weighted by atomic mass is 10.1. The van der Waals surface area contributed by atoms with Crippen molar-refractivity contribution in [1.82, 2.24) is 4.72 Å². The van der Waals surface area contributed by atoms with E-state index in [1.165, 1.54) is 0 Å². The zero-order valence-corrected chi connectivity index (χ0v) is 12.9. The van der Waals surface area contributed by atoms with Crippen LogP contribution in [0, 0.1) is 0 Å². The van der Waals surface area contributed by atoms with Crippen LogP contribution in [-0.4, -0.2) is 31.3 Å². The summed E-state index contributed by atoms with van der Waals surface area (Å²) in [5.41, 5.74) is 1.01. The smallest absolute Gasteiger partial charge is 0.304 e. The summed E-state index contributed by atoms with van der Waals surface area (Å²) in [7, 11) is -3.54. The van der Waals surface area contributed by atoms with E-state index in [1.807, 2.05) is 24.3 Å². The highest BCUT2D eigenvalue weighted by Crippen LogP contribution is 2.12. The van der Waals surface area contributed by atoms with Crippen LogP contribution in [0.1, 0.15) is 18.9 Å². The number of carboxylic acids is 1. The Balaban J connectivity index is 2.52. The molecule has 1 atom stereocenters.